The summed E-state index contributed by atoms with van der Waals surface area (Å²) in [6.07, 6.45) is 0. The Labute approximate surface area is 119 Å². The van der Waals surface area contributed by atoms with Crippen molar-refractivity contribution in [3.05, 3.63) is 69.4 Å². The van der Waals surface area contributed by atoms with Crippen LogP contribution in [0.3, 0.4) is 0 Å². The normalized spacial score (nSPS) is 10.3. The topological polar surface area (TPSA) is 29.1 Å². The number of aryl methyl sites for hydroxylation is 1. The molecule has 4 heteroatoms. The molecule has 0 aliphatic rings. The van der Waals surface area contributed by atoms with Gasteiger partial charge in [-0.15, -0.1) is 0 Å². The molecule has 0 bridgehead atoms. The number of hydrogen-bond donors (Lipinski definition) is 1. The fourth-order valence-corrected chi connectivity index (χ4v) is 2.18. The van der Waals surface area contributed by atoms with Crippen LogP contribution in [-0.4, -0.2) is 5.91 Å². The van der Waals surface area contributed by atoms with Gasteiger partial charge in [0.05, 0.1) is 0 Å². The highest BCUT2D eigenvalue weighted by Gasteiger charge is 2.10. The Morgan fingerprint density at radius 1 is 1.26 bits per heavy atom. The number of halogens is 2. The summed E-state index contributed by atoms with van der Waals surface area (Å²) in [5.41, 5.74) is 2.10. The van der Waals surface area contributed by atoms with Crippen LogP contribution < -0.4 is 5.32 Å². The minimum atomic E-state index is -0.406. The van der Waals surface area contributed by atoms with Gasteiger partial charge in [0, 0.05) is 16.6 Å². The summed E-state index contributed by atoms with van der Waals surface area (Å²) in [5, 5.41) is 2.79. The third kappa shape index (κ3) is 3.41. The zero-order chi connectivity index (χ0) is 13.8. The third-order valence-electron chi connectivity index (χ3n) is 2.84. The number of amides is 1. The number of nitrogens with one attached hydrogen (secondary N) is 1. The molecule has 0 unspecified atom stereocenters. The Kier molecular flexibility index (Phi) is 4.32. The first-order chi connectivity index (χ1) is 9.08. The molecule has 0 fully saturated rings. The fraction of sp³-hybridized carbons (Fsp3) is 0.133. The first-order valence-corrected chi connectivity index (χ1v) is 6.65. The molecular weight excluding hydrogens is 309 g/mol. The SMILES string of the molecule is Cc1ccc(F)cc1C(=O)NCc1ccccc1Br. The van der Waals surface area contributed by atoms with Gasteiger partial charge in [0.1, 0.15) is 5.82 Å². The van der Waals surface area contributed by atoms with E-state index in [4.69, 9.17) is 0 Å². The lowest BCUT2D eigenvalue weighted by Gasteiger charge is -2.09. The van der Waals surface area contributed by atoms with Crippen LogP contribution >= 0.6 is 15.9 Å². The van der Waals surface area contributed by atoms with Gasteiger partial charge in [-0.1, -0.05) is 40.2 Å². The van der Waals surface area contributed by atoms with Crippen LogP contribution in [0.15, 0.2) is 46.9 Å². The van der Waals surface area contributed by atoms with Gasteiger partial charge in [-0.2, -0.15) is 0 Å². The maximum atomic E-state index is 13.1. The molecule has 1 N–H and O–H groups in total. The van der Waals surface area contributed by atoms with Gasteiger partial charge in [-0.3, -0.25) is 4.79 Å². The van der Waals surface area contributed by atoms with E-state index in [2.05, 4.69) is 21.2 Å². The highest BCUT2D eigenvalue weighted by atomic mass is 79.9. The molecule has 2 nitrogen and oxygen atoms in total. The van der Waals surface area contributed by atoms with Crippen molar-refractivity contribution in [1.29, 1.82) is 0 Å². The molecule has 2 rings (SSSR count). The molecule has 0 saturated heterocycles. The highest BCUT2D eigenvalue weighted by molar-refractivity contribution is 9.10. The van der Waals surface area contributed by atoms with E-state index in [9.17, 15) is 9.18 Å². The number of benzene rings is 2. The van der Waals surface area contributed by atoms with E-state index in [1.165, 1.54) is 12.1 Å². The molecule has 19 heavy (non-hydrogen) atoms. The molecule has 0 aromatic heterocycles. The van der Waals surface area contributed by atoms with Crippen molar-refractivity contribution in [2.24, 2.45) is 0 Å². The number of rotatable bonds is 3. The molecule has 0 saturated carbocycles. The Hall–Kier alpha value is -1.68. The van der Waals surface area contributed by atoms with E-state index in [1.54, 1.807) is 13.0 Å². The molecule has 0 heterocycles. The van der Waals surface area contributed by atoms with Gasteiger partial charge in [0.15, 0.2) is 0 Å². The summed E-state index contributed by atoms with van der Waals surface area (Å²) in [4.78, 5) is 12.0. The van der Waals surface area contributed by atoms with Crippen molar-refractivity contribution in [3.63, 3.8) is 0 Å². The summed E-state index contributed by atoms with van der Waals surface area (Å²) in [5.74, 6) is -0.676. The van der Waals surface area contributed by atoms with Gasteiger partial charge in [0.2, 0.25) is 0 Å². The number of carbonyl (C=O) groups excluding carboxylic acids is 1. The molecule has 1 amide bonds. The molecule has 2 aromatic carbocycles. The van der Waals surface area contributed by atoms with Gasteiger partial charge >= 0.3 is 0 Å². The van der Waals surface area contributed by atoms with Crippen molar-refractivity contribution in [2.45, 2.75) is 13.5 Å². The lowest BCUT2D eigenvalue weighted by atomic mass is 10.1. The predicted molar refractivity (Wildman–Crippen MR) is 76.4 cm³/mol. The average Bonchev–Trinajstić information content (AvgIpc) is 2.40. The van der Waals surface area contributed by atoms with Gasteiger partial charge in [0.25, 0.3) is 5.91 Å². The van der Waals surface area contributed by atoms with Gasteiger partial charge in [-0.05, 0) is 36.2 Å². The van der Waals surface area contributed by atoms with Crippen molar-refractivity contribution in [3.8, 4) is 0 Å². The molecule has 0 spiro atoms. The maximum Gasteiger partial charge on any atom is 0.251 e. The smallest absolute Gasteiger partial charge is 0.251 e. The van der Waals surface area contributed by atoms with E-state index < -0.39 is 5.82 Å². The lowest BCUT2D eigenvalue weighted by Crippen LogP contribution is -2.23. The van der Waals surface area contributed by atoms with E-state index in [-0.39, 0.29) is 5.91 Å². The molecular formula is C15H13BrFNO. The van der Waals surface area contributed by atoms with E-state index in [0.717, 1.165) is 15.6 Å². The minimum Gasteiger partial charge on any atom is -0.348 e. The average molecular weight is 322 g/mol. The van der Waals surface area contributed by atoms with Gasteiger partial charge in [-0.25, -0.2) is 4.39 Å². The molecule has 0 radical (unpaired) electrons. The van der Waals surface area contributed by atoms with Crippen LogP contribution in [0.1, 0.15) is 21.5 Å². The van der Waals surface area contributed by atoms with Crippen LogP contribution in [0.25, 0.3) is 0 Å². The Morgan fingerprint density at radius 2 is 2.00 bits per heavy atom. The molecule has 2 aromatic rings. The predicted octanol–water partition coefficient (Wildman–Crippen LogP) is 3.83. The quantitative estimate of drug-likeness (QED) is 0.914. The second-order valence-corrected chi connectivity index (χ2v) is 5.09. The van der Waals surface area contributed by atoms with Crippen LogP contribution in [-0.2, 0) is 6.54 Å². The summed E-state index contributed by atoms with van der Waals surface area (Å²) in [7, 11) is 0. The first kappa shape index (κ1) is 13.7. The first-order valence-electron chi connectivity index (χ1n) is 5.85. The van der Waals surface area contributed by atoms with E-state index >= 15 is 0 Å². The molecule has 0 aliphatic carbocycles. The second kappa shape index (κ2) is 5.97. The minimum absolute atomic E-state index is 0.271. The summed E-state index contributed by atoms with van der Waals surface area (Å²) in [6, 6.07) is 11.8. The zero-order valence-electron chi connectivity index (χ0n) is 10.4. The Morgan fingerprint density at radius 3 is 2.74 bits per heavy atom. The van der Waals surface area contributed by atoms with E-state index in [0.29, 0.717) is 12.1 Å². The van der Waals surface area contributed by atoms with Gasteiger partial charge < -0.3 is 5.32 Å². The Balaban J connectivity index is 2.10. The molecule has 98 valence electrons. The summed E-state index contributed by atoms with van der Waals surface area (Å²) < 4.78 is 14.1. The molecule has 0 atom stereocenters. The summed E-state index contributed by atoms with van der Waals surface area (Å²) >= 11 is 3.42. The monoisotopic (exact) mass is 321 g/mol. The second-order valence-electron chi connectivity index (χ2n) is 4.23. The number of hydrogen-bond acceptors (Lipinski definition) is 1. The lowest BCUT2D eigenvalue weighted by molar-refractivity contribution is 0.0950. The van der Waals surface area contributed by atoms with E-state index in [1.807, 2.05) is 24.3 Å². The highest BCUT2D eigenvalue weighted by Crippen LogP contribution is 2.16. The van der Waals surface area contributed by atoms with Crippen LogP contribution in [0.5, 0.6) is 0 Å². The zero-order valence-corrected chi connectivity index (χ0v) is 12.0. The van der Waals surface area contributed by atoms with Crippen molar-refractivity contribution in [1.82, 2.24) is 5.32 Å². The standard InChI is InChI=1S/C15H13BrFNO/c1-10-6-7-12(17)8-13(10)15(19)18-9-11-4-2-3-5-14(11)16/h2-8H,9H2,1H3,(H,18,19). The summed E-state index contributed by atoms with van der Waals surface area (Å²) in [6.45, 7) is 2.18. The van der Waals surface area contributed by atoms with Crippen LogP contribution in [0, 0.1) is 12.7 Å². The number of carbonyl (C=O) groups is 1. The van der Waals surface area contributed by atoms with Crippen LogP contribution in [0.4, 0.5) is 4.39 Å². The Bertz CT molecular complexity index is 613. The maximum absolute atomic E-state index is 13.1. The largest absolute Gasteiger partial charge is 0.348 e. The molecule has 0 aliphatic heterocycles. The fourth-order valence-electron chi connectivity index (χ4n) is 1.75. The van der Waals surface area contributed by atoms with Crippen LogP contribution in [0.2, 0.25) is 0 Å². The van der Waals surface area contributed by atoms with Crippen molar-refractivity contribution in [2.75, 3.05) is 0 Å². The third-order valence-corrected chi connectivity index (χ3v) is 3.62. The van der Waals surface area contributed by atoms with Crippen molar-refractivity contribution >= 4 is 21.8 Å². The van der Waals surface area contributed by atoms with Crippen molar-refractivity contribution < 1.29 is 9.18 Å².